The Morgan fingerprint density at radius 1 is 1.19 bits per heavy atom. The van der Waals surface area contributed by atoms with Crippen LogP contribution in [0.2, 0.25) is 0 Å². The van der Waals surface area contributed by atoms with Gasteiger partial charge in [0.15, 0.2) is 0 Å². The van der Waals surface area contributed by atoms with Crippen LogP contribution in [-0.4, -0.2) is 31.1 Å². The predicted octanol–water partition coefficient (Wildman–Crippen LogP) is 3.84. The molecule has 0 aliphatic carbocycles. The van der Waals surface area contributed by atoms with Crippen molar-refractivity contribution in [1.82, 2.24) is 4.90 Å². The van der Waals surface area contributed by atoms with Gasteiger partial charge in [-0.25, -0.2) is 0 Å². The second kappa shape index (κ2) is 7.81. The largest absolute Gasteiger partial charge is 0.494 e. The predicted molar refractivity (Wildman–Crippen MR) is 90.7 cm³/mol. The first kappa shape index (κ1) is 18.0. The van der Waals surface area contributed by atoms with E-state index in [1.54, 1.807) is 0 Å². The van der Waals surface area contributed by atoms with Gasteiger partial charge in [-0.15, -0.1) is 0 Å². The van der Waals surface area contributed by atoms with E-state index in [1.165, 1.54) is 5.56 Å². The van der Waals surface area contributed by atoms with Gasteiger partial charge in [0.25, 0.3) is 0 Å². The summed E-state index contributed by atoms with van der Waals surface area (Å²) < 4.78 is 5.64. The fraction of sp³-hybridized carbons (Fsp3) is 0.667. The second-order valence-corrected chi connectivity index (χ2v) is 6.88. The molecule has 0 aliphatic heterocycles. The molecule has 0 aromatic heterocycles. The summed E-state index contributed by atoms with van der Waals surface area (Å²) in [6, 6.07) is 9.04. The molecule has 0 amide bonds. The van der Waals surface area contributed by atoms with Crippen molar-refractivity contribution < 1.29 is 4.74 Å². The number of nitrogens with two attached hydrogens (primary N) is 1. The molecule has 0 fully saturated rings. The van der Waals surface area contributed by atoms with Gasteiger partial charge in [-0.3, -0.25) is 4.90 Å². The highest BCUT2D eigenvalue weighted by molar-refractivity contribution is 5.29. The lowest BCUT2D eigenvalue weighted by molar-refractivity contribution is 0.100. The first-order valence-electron chi connectivity index (χ1n) is 7.96. The molecule has 1 aromatic rings. The van der Waals surface area contributed by atoms with E-state index in [-0.39, 0.29) is 11.5 Å². The normalized spacial score (nSPS) is 15.0. The molecule has 1 aromatic carbocycles. The van der Waals surface area contributed by atoms with Gasteiger partial charge in [-0.2, -0.15) is 0 Å². The standard InChI is InChI=1S/C18H32N2O/c1-7-12-21-16-10-8-15(9-11-16)17(13-19)20(6)14(2)18(3,4)5/h8-11,14,17H,7,12-13,19H2,1-6H3. The van der Waals surface area contributed by atoms with E-state index in [1.807, 2.05) is 12.1 Å². The lowest BCUT2D eigenvalue weighted by atomic mass is 9.86. The molecule has 0 saturated heterocycles. The highest BCUT2D eigenvalue weighted by Gasteiger charge is 2.28. The summed E-state index contributed by atoms with van der Waals surface area (Å²) in [6.07, 6.45) is 1.03. The maximum atomic E-state index is 6.03. The average molecular weight is 292 g/mol. The molecule has 0 radical (unpaired) electrons. The van der Waals surface area contributed by atoms with Crippen LogP contribution in [0.1, 0.15) is 52.6 Å². The third-order valence-electron chi connectivity index (χ3n) is 4.32. The number of nitrogens with zero attached hydrogens (tertiary/aromatic N) is 1. The summed E-state index contributed by atoms with van der Waals surface area (Å²) in [5.74, 6) is 0.933. The van der Waals surface area contributed by atoms with E-state index >= 15 is 0 Å². The molecule has 0 heterocycles. The van der Waals surface area contributed by atoms with Gasteiger partial charge < -0.3 is 10.5 Å². The number of benzene rings is 1. The van der Waals surface area contributed by atoms with Crippen LogP contribution in [0.4, 0.5) is 0 Å². The Morgan fingerprint density at radius 3 is 2.19 bits per heavy atom. The van der Waals surface area contributed by atoms with Crippen molar-refractivity contribution in [1.29, 1.82) is 0 Å². The van der Waals surface area contributed by atoms with E-state index in [2.05, 4.69) is 58.7 Å². The van der Waals surface area contributed by atoms with Gasteiger partial charge in [0.2, 0.25) is 0 Å². The summed E-state index contributed by atoms with van der Waals surface area (Å²) in [5.41, 5.74) is 7.51. The third kappa shape index (κ3) is 5.01. The molecule has 0 spiro atoms. The van der Waals surface area contributed by atoms with Gasteiger partial charge in [-0.05, 0) is 43.5 Å². The first-order valence-corrected chi connectivity index (χ1v) is 7.96. The van der Waals surface area contributed by atoms with Crippen molar-refractivity contribution in [2.75, 3.05) is 20.2 Å². The lowest BCUT2D eigenvalue weighted by Gasteiger charge is -2.40. The maximum absolute atomic E-state index is 6.03. The Balaban J connectivity index is 2.84. The Labute approximate surface area is 130 Å². The van der Waals surface area contributed by atoms with Crippen LogP contribution in [0.15, 0.2) is 24.3 Å². The zero-order chi connectivity index (χ0) is 16.0. The third-order valence-corrected chi connectivity index (χ3v) is 4.32. The molecule has 0 bridgehead atoms. The number of ether oxygens (including phenoxy) is 1. The SMILES string of the molecule is CCCOc1ccc(C(CN)N(C)C(C)C(C)(C)C)cc1. The summed E-state index contributed by atoms with van der Waals surface area (Å²) in [7, 11) is 2.16. The molecule has 3 heteroatoms. The smallest absolute Gasteiger partial charge is 0.119 e. The minimum Gasteiger partial charge on any atom is -0.494 e. The molecule has 0 aliphatic rings. The van der Waals surface area contributed by atoms with Gasteiger partial charge in [0, 0.05) is 18.6 Å². The van der Waals surface area contributed by atoms with Gasteiger partial charge >= 0.3 is 0 Å². The van der Waals surface area contributed by atoms with E-state index < -0.39 is 0 Å². The quantitative estimate of drug-likeness (QED) is 0.830. The highest BCUT2D eigenvalue weighted by atomic mass is 16.5. The average Bonchev–Trinajstić information content (AvgIpc) is 2.45. The lowest BCUT2D eigenvalue weighted by Crippen LogP contribution is -2.43. The van der Waals surface area contributed by atoms with Crippen molar-refractivity contribution in [2.24, 2.45) is 11.1 Å². The zero-order valence-electron chi connectivity index (χ0n) is 14.5. The number of rotatable bonds is 7. The first-order chi connectivity index (χ1) is 9.81. The fourth-order valence-electron chi connectivity index (χ4n) is 2.42. The van der Waals surface area contributed by atoms with Crippen LogP contribution < -0.4 is 10.5 Å². The van der Waals surface area contributed by atoms with Crippen molar-refractivity contribution in [2.45, 2.75) is 53.1 Å². The zero-order valence-corrected chi connectivity index (χ0v) is 14.5. The van der Waals surface area contributed by atoms with Crippen molar-refractivity contribution in [3.05, 3.63) is 29.8 Å². The number of hydrogen-bond acceptors (Lipinski definition) is 3. The van der Waals surface area contributed by atoms with Gasteiger partial charge in [0.1, 0.15) is 5.75 Å². The minimum atomic E-state index is 0.229. The van der Waals surface area contributed by atoms with E-state index in [9.17, 15) is 0 Å². The van der Waals surface area contributed by atoms with Crippen LogP contribution in [0.25, 0.3) is 0 Å². The molecule has 0 saturated carbocycles. The number of likely N-dealkylation sites (N-methyl/N-ethyl adjacent to an activating group) is 1. The second-order valence-electron chi connectivity index (χ2n) is 6.88. The molecule has 21 heavy (non-hydrogen) atoms. The monoisotopic (exact) mass is 292 g/mol. The van der Waals surface area contributed by atoms with Gasteiger partial charge in [0.05, 0.1) is 6.61 Å². The molecular formula is C18H32N2O. The maximum Gasteiger partial charge on any atom is 0.119 e. The minimum absolute atomic E-state index is 0.229. The van der Waals surface area contributed by atoms with Crippen molar-refractivity contribution >= 4 is 0 Å². The van der Waals surface area contributed by atoms with Crippen LogP contribution in [-0.2, 0) is 0 Å². The summed E-state index contributed by atoms with van der Waals surface area (Å²) >= 11 is 0. The van der Waals surface area contributed by atoms with Crippen molar-refractivity contribution in [3.8, 4) is 5.75 Å². The molecule has 2 N–H and O–H groups in total. The van der Waals surface area contributed by atoms with E-state index in [4.69, 9.17) is 10.5 Å². The van der Waals surface area contributed by atoms with E-state index in [0.717, 1.165) is 18.8 Å². The fourth-order valence-corrected chi connectivity index (χ4v) is 2.42. The Morgan fingerprint density at radius 2 is 1.76 bits per heavy atom. The molecule has 2 atom stereocenters. The summed E-state index contributed by atoms with van der Waals surface area (Å²) in [4.78, 5) is 2.38. The molecule has 3 nitrogen and oxygen atoms in total. The summed E-state index contributed by atoms with van der Waals surface area (Å²) in [6.45, 7) is 12.6. The van der Waals surface area contributed by atoms with E-state index in [0.29, 0.717) is 12.6 Å². The van der Waals surface area contributed by atoms with Crippen LogP contribution in [0.3, 0.4) is 0 Å². The van der Waals surface area contributed by atoms with Gasteiger partial charge in [-0.1, -0.05) is 39.8 Å². The Bertz CT molecular complexity index is 408. The van der Waals surface area contributed by atoms with Crippen molar-refractivity contribution in [3.63, 3.8) is 0 Å². The highest BCUT2D eigenvalue weighted by Crippen LogP contribution is 2.30. The summed E-state index contributed by atoms with van der Waals surface area (Å²) in [5, 5.41) is 0. The van der Waals surface area contributed by atoms with Crippen LogP contribution in [0.5, 0.6) is 5.75 Å². The Kier molecular flexibility index (Phi) is 6.69. The van der Waals surface area contributed by atoms with Crippen LogP contribution in [0, 0.1) is 5.41 Å². The Hall–Kier alpha value is -1.06. The molecule has 120 valence electrons. The van der Waals surface area contributed by atoms with Crippen LogP contribution >= 0.6 is 0 Å². The molecular weight excluding hydrogens is 260 g/mol. The molecule has 2 unspecified atom stereocenters. The topological polar surface area (TPSA) is 38.5 Å². The number of hydrogen-bond donors (Lipinski definition) is 1. The molecule has 1 rings (SSSR count).